The zero-order valence-corrected chi connectivity index (χ0v) is 14.1. The van der Waals surface area contributed by atoms with Crippen LogP contribution in [-0.4, -0.2) is 46.8 Å². The molecule has 1 aliphatic heterocycles. The monoisotopic (exact) mass is 307 g/mol. The molecule has 0 bridgehead atoms. The van der Waals surface area contributed by atoms with Gasteiger partial charge >= 0.3 is 0 Å². The number of nitrogens with one attached hydrogen (secondary N) is 1. The van der Waals surface area contributed by atoms with Gasteiger partial charge in [-0.25, -0.2) is 0 Å². The second-order valence-electron chi connectivity index (χ2n) is 6.58. The van der Waals surface area contributed by atoms with E-state index in [-0.39, 0.29) is 12.0 Å². The third-order valence-corrected chi connectivity index (χ3v) is 4.18. The first-order valence-electron chi connectivity index (χ1n) is 8.55. The summed E-state index contributed by atoms with van der Waals surface area (Å²) < 4.78 is 5.82. The van der Waals surface area contributed by atoms with E-state index in [0.29, 0.717) is 19.7 Å². The van der Waals surface area contributed by atoms with E-state index in [4.69, 9.17) is 4.74 Å². The molecule has 5 heteroatoms. The van der Waals surface area contributed by atoms with Gasteiger partial charge in [-0.15, -0.1) is 0 Å². The molecule has 0 radical (unpaired) electrons. The molecule has 0 aromatic carbocycles. The summed E-state index contributed by atoms with van der Waals surface area (Å²) in [5.74, 6) is 0.818. The first-order valence-corrected chi connectivity index (χ1v) is 8.55. The number of carbonyl (C=O) groups is 1. The van der Waals surface area contributed by atoms with Gasteiger partial charge in [0.15, 0.2) is 0 Å². The predicted molar refractivity (Wildman–Crippen MR) is 86.9 cm³/mol. The van der Waals surface area contributed by atoms with Crippen molar-refractivity contribution in [2.24, 2.45) is 5.92 Å². The molecule has 22 heavy (non-hydrogen) atoms. The fraction of sp³-hybridized carbons (Fsp3) is 0.765. The SMILES string of the molecule is CCCc1[nH]ncc1C(=O)N1CCOC(CCCC(C)C)C1. The summed E-state index contributed by atoms with van der Waals surface area (Å²) in [6, 6.07) is 0. The average Bonchev–Trinajstić information content (AvgIpc) is 2.95. The number of aromatic amines is 1. The van der Waals surface area contributed by atoms with Gasteiger partial charge in [-0.05, 0) is 18.8 Å². The number of carbonyl (C=O) groups excluding carboxylic acids is 1. The molecule has 0 saturated carbocycles. The molecule has 1 saturated heterocycles. The third-order valence-electron chi connectivity index (χ3n) is 4.18. The Morgan fingerprint density at radius 2 is 2.36 bits per heavy atom. The first-order chi connectivity index (χ1) is 10.6. The van der Waals surface area contributed by atoms with Crippen LogP contribution in [0.15, 0.2) is 6.20 Å². The van der Waals surface area contributed by atoms with Crippen molar-refractivity contribution in [3.8, 4) is 0 Å². The minimum absolute atomic E-state index is 0.0920. The zero-order chi connectivity index (χ0) is 15.9. The van der Waals surface area contributed by atoms with Crippen LogP contribution in [0.1, 0.15) is 62.5 Å². The molecular formula is C17H29N3O2. The number of rotatable bonds is 7. The summed E-state index contributed by atoms with van der Waals surface area (Å²) in [5, 5.41) is 7.00. The van der Waals surface area contributed by atoms with Crippen molar-refractivity contribution in [3.63, 3.8) is 0 Å². The Bertz CT molecular complexity index is 470. The second-order valence-corrected chi connectivity index (χ2v) is 6.58. The number of nitrogens with zero attached hydrogens (tertiary/aromatic N) is 2. The maximum Gasteiger partial charge on any atom is 0.257 e. The molecule has 1 aromatic heterocycles. The topological polar surface area (TPSA) is 58.2 Å². The van der Waals surface area contributed by atoms with Gasteiger partial charge in [-0.1, -0.05) is 40.0 Å². The van der Waals surface area contributed by atoms with Crippen LogP contribution in [-0.2, 0) is 11.2 Å². The quantitative estimate of drug-likeness (QED) is 0.842. The van der Waals surface area contributed by atoms with E-state index >= 15 is 0 Å². The number of morpholine rings is 1. The van der Waals surface area contributed by atoms with Gasteiger partial charge in [0.05, 0.1) is 24.5 Å². The highest BCUT2D eigenvalue weighted by Gasteiger charge is 2.26. The van der Waals surface area contributed by atoms with Gasteiger partial charge in [-0.2, -0.15) is 5.10 Å². The zero-order valence-electron chi connectivity index (χ0n) is 14.1. The Hall–Kier alpha value is -1.36. The van der Waals surface area contributed by atoms with E-state index in [0.717, 1.165) is 42.9 Å². The molecule has 124 valence electrons. The van der Waals surface area contributed by atoms with Gasteiger partial charge in [0.2, 0.25) is 0 Å². The molecule has 1 atom stereocenters. The second kappa shape index (κ2) is 8.32. The average molecular weight is 307 g/mol. The molecule has 1 fully saturated rings. The Labute approximate surface area is 133 Å². The number of H-pyrrole nitrogens is 1. The number of hydrogen-bond acceptors (Lipinski definition) is 3. The van der Waals surface area contributed by atoms with Crippen molar-refractivity contribution in [1.29, 1.82) is 0 Å². The molecule has 1 aromatic rings. The van der Waals surface area contributed by atoms with Crippen molar-refractivity contribution >= 4 is 5.91 Å². The van der Waals surface area contributed by atoms with Gasteiger partial charge in [0.1, 0.15) is 0 Å². The lowest BCUT2D eigenvalue weighted by molar-refractivity contribution is -0.0260. The number of aryl methyl sites for hydroxylation is 1. The molecule has 1 amide bonds. The van der Waals surface area contributed by atoms with Crippen LogP contribution < -0.4 is 0 Å². The largest absolute Gasteiger partial charge is 0.375 e. The summed E-state index contributed by atoms with van der Waals surface area (Å²) in [6.07, 6.45) is 7.13. The van der Waals surface area contributed by atoms with Crippen molar-refractivity contribution in [2.45, 2.75) is 59.0 Å². The normalized spacial score (nSPS) is 18.9. The van der Waals surface area contributed by atoms with Crippen molar-refractivity contribution in [3.05, 3.63) is 17.5 Å². The molecule has 1 unspecified atom stereocenters. The number of aromatic nitrogens is 2. The van der Waals surface area contributed by atoms with E-state index in [1.165, 1.54) is 6.42 Å². The molecule has 0 aliphatic carbocycles. The maximum absolute atomic E-state index is 12.7. The summed E-state index contributed by atoms with van der Waals surface area (Å²) in [7, 11) is 0. The Balaban J connectivity index is 1.90. The summed E-state index contributed by atoms with van der Waals surface area (Å²) in [6.45, 7) is 8.61. The van der Waals surface area contributed by atoms with Crippen LogP contribution in [0.25, 0.3) is 0 Å². The van der Waals surface area contributed by atoms with E-state index in [2.05, 4.69) is 31.0 Å². The Morgan fingerprint density at radius 3 is 3.09 bits per heavy atom. The highest BCUT2D eigenvalue weighted by Crippen LogP contribution is 2.17. The molecular weight excluding hydrogens is 278 g/mol. The summed E-state index contributed by atoms with van der Waals surface area (Å²) in [4.78, 5) is 14.6. The van der Waals surface area contributed by atoms with E-state index < -0.39 is 0 Å². The van der Waals surface area contributed by atoms with Crippen LogP contribution in [0.4, 0.5) is 0 Å². The lowest BCUT2D eigenvalue weighted by atomic mass is 10.0. The van der Waals surface area contributed by atoms with Crippen molar-refractivity contribution < 1.29 is 9.53 Å². The van der Waals surface area contributed by atoms with Crippen LogP contribution in [0.2, 0.25) is 0 Å². The fourth-order valence-corrected chi connectivity index (χ4v) is 2.94. The van der Waals surface area contributed by atoms with Crippen molar-refractivity contribution in [2.75, 3.05) is 19.7 Å². The summed E-state index contributed by atoms with van der Waals surface area (Å²) >= 11 is 0. The van der Waals surface area contributed by atoms with E-state index in [1.807, 2.05) is 4.90 Å². The molecule has 2 rings (SSSR count). The minimum Gasteiger partial charge on any atom is -0.375 e. The van der Waals surface area contributed by atoms with Gasteiger partial charge in [-0.3, -0.25) is 9.89 Å². The van der Waals surface area contributed by atoms with Crippen LogP contribution in [0.3, 0.4) is 0 Å². The Kier molecular flexibility index (Phi) is 6.43. The molecule has 0 spiro atoms. The molecule has 5 nitrogen and oxygen atoms in total. The third kappa shape index (κ3) is 4.57. The lowest BCUT2D eigenvalue weighted by Gasteiger charge is -2.33. The first kappa shape index (κ1) is 17.0. The molecule has 1 aliphatic rings. The number of amides is 1. The lowest BCUT2D eigenvalue weighted by Crippen LogP contribution is -2.45. The van der Waals surface area contributed by atoms with Gasteiger partial charge in [0.25, 0.3) is 5.91 Å². The fourth-order valence-electron chi connectivity index (χ4n) is 2.94. The van der Waals surface area contributed by atoms with Crippen LogP contribution in [0.5, 0.6) is 0 Å². The highest BCUT2D eigenvalue weighted by molar-refractivity contribution is 5.95. The Morgan fingerprint density at radius 1 is 1.55 bits per heavy atom. The molecule has 2 heterocycles. The highest BCUT2D eigenvalue weighted by atomic mass is 16.5. The number of hydrogen-bond donors (Lipinski definition) is 1. The predicted octanol–water partition coefficient (Wildman–Crippen LogP) is 3.03. The maximum atomic E-state index is 12.7. The van der Waals surface area contributed by atoms with Gasteiger partial charge in [0, 0.05) is 18.8 Å². The minimum atomic E-state index is 0.0920. The van der Waals surface area contributed by atoms with Gasteiger partial charge < -0.3 is 9.64 Å². The van der Waals surface area contributed by atoms with E-state index in [1.54, 1.807) is 6.20 Å². The standard InChI is InChI=1S/C17H29N3O2/c1-4-6-16-15(11-18-19-16)17(21)20-9-10-22-14(12-20)8-5-7-13(2)3/h11,13-14H,4-10,12H2,1-3H3,(H,18,19). The smallest absolute Gasteiger partial charge is 0.257 e. The van der Waals surface area contributed by atoms with Crippen LogP contribution in [0, 0.1) is 5.92 Å². The number of ether oxygens (including phenoxy) is 1. The van der Waals surface area contributed by atoms with E-state index in [9.17, 15) is 4.79 Å². The van der Waals surface area contributed by atoms with Crippen LogP contribution >= 0.6 is 0 Å². The summed E-state index contributed by atoms with van der Waals surface area (Å²) in [5.41, 5.74) is 1.68. The molecule has 1 N–H and O–H groups in total. The van der Waals surface area contributed by atoms with Crippen molar-refractivity contribution in [1.82, 2.24) is 15.1 Å².